The monoisotopic (exact) mass is 489 g/mol. The average molecular weight is 490 g/mol. The zero-order valence-corrected chi connectivity index (χ0v) is 19.9. The van der Waals surface area contributed by atoms with E-state index in [1.54, 1.807) is 30.3 Å². The van der Waals surface area contributed by atoms with E-state index in [1.807, 2.05) is 41.3 Å². The molecule has 0 bridgehead atoms. The first-order valence-electron chi connectivity index (χ1n) is 12.0. The number of rotatable bonds is 3. The molecule has 1 fully saturated rings. The standard InChI is InChI=1S/C28H23N7O2/c29-16-17-5-8-19(9-6-17)34-11-13-35(14-12-34)28(37)18-7-10-21-20(15-18)24(30)25(31-21)26-27(36)33-23-4-2-1-3-22(23)32-26/h1-10,15,31H,11-14,30H2,(H,33,36). The van der Waals surface area contributed by atoms with Crippen LogP contribution < -0.4 is 16.2 Å². The predicted octanol–water partition coefficient (Wildman–Crippen LogP) is 3.49. The molecule has 2 aromatic heterocycles. The van der Waals surface area contributed by atoms with Gasteiger partial charge >= 0.3 is 0 Å². The molecule has 3 aromatic carbocycles. The number of carbonyl (C=O) groups excluding carboxylic acids is 1. The number of nitrogens with one attached hydrogen (secondary N) is 2. The third-order valence-electron chi connectivity index (χ3n) is 6.85. The minimum Gasteiger partial charge on any atom is -0.396 e. The molecule has 5 aromatic rings. The number of nitrogens with two attached hydrogens (primary N) is 1. The Hall–Kier alpha value is -5.10. The van der Waals surface area contributed by atoms with Gasteiger partial charge in [-0.1, -0.05) is 12.1 Å². The van der Waals surface area contributed by atoms with Crippen LogP contribution in [0.4, 0.5) is 11.4 Å². The maximum atomic E-state index is 13.3. The second-order valence-corrected chi connectivity index (χ2v) is 9.04. The number of hydrogen-bond donors (Lipinski definition) is 3. The third-order valence-corrected chi connectivity index (χ3v) is 6.85. The van der Waals surface area contributed by atoms with Crippen LogP contribution in [0, 0.1) is 11.3 Å². The normalized spacial score (nSPS) is 13.7. The Bertz CT molecular complexity index is 1750. The number of piperazine rings is 1. The first-order chi connectivity index (χ1) is 18.0. The molecule has 1 amide bonds. The van der Waals surface area contributed by atoms with Gasteiger partial charge in [0.15, 0.2) is 5.69 Å². The average Bonchev–Trinajstić information content (AvgIpc) is 3.27. The molecule has 37 heavy (non-hydrogen) atoms. The van der Waals surface area contributed by atoms with Gasteiger partial charge in [0, 0.05) is 48.3 Å². The summed E-state index contributed by atoms with van der Waals surface area (Å²) in [5.74, 6) is -0.0646. The number of amides is 1. The fraction of sp³-hybridized carbons (Fsp3) is 0.143. The van der Waals surface area contributed by atoms with Crippen LogP contribution in [0.1, 0.15) is 15.9 Å². The summed E-state index contributed by atoms with van der Waals surface area (Å²) in [7, 11) is 0. The summed E-state index contributed by atoms with van der Waals surface area (Å²) in [5, 5.41) is 9.67. The Morgan fingerprint density at radius 2 is 1.70 bits per heavy atom. The summed E-state index contributed by atoms with van der Waals surface area (Å²) in [6.07, 6.45) is 0. The molecule has 0 aliphatic carbocycles. The molecule has 9 nitrogen and oxygen atoms in total. The number of H-pyrrole nitrogens is 2. The van der Waals surface area contributed by atoms with Crippen molar-refractivity contribution < 1.29 is 4.79 Å². The van der Waals surface area contributed by atoms with Crippen LogP contribution in [0.5, 0.6) is 0 Å². The van der Waals surface area contributed by atoms with E-state index in [1.165, 1.54) is 0 Å². The van der Waals surface area contributed by atoms with Gasteiger partial charge in [-0.2, -0.15) is 5.26 Å². The second kappa shape index (κ2) is 8.84. The number of carbonyl (C=O) groups is 1. The molecule has 0 saturated carbocycles. The van der Waals surface area contributed by atoms with E-state index >= 15 is 0 Å². The van der Waals surface area contributed by atoms with Gasteiger partial charge < -0.3 is 25.5 Å². The number of hydrogen-bond acceptors (Lipinski definition) is 6. The van der Waals surface area contributed by atoms with Gasteiger partial charge in [0.25, 0.3) is 11.5 Å². The third kappa shape index (κ3) is 3.94. The fourth-order valence-corrected chi connectivity index (χ4v) is 4.83. The number of benzene rings is 3. The summed E-state index contributed by atoms with van der Waals surface area (Å²) in [6, 6.07) is 22.3. The Morgan fingerprint density at radius 3 is 2.46 bits per heavy atom. The van der Waals surface area contributed by atoms with Gasteiger partial charge in [-0.3, -0.25) is 9.59 Å². The first-order valence-corrected chi connectivity index (χ1v) is 12.0. The van der Waals surface area contributed by atoms with Crippen LogP contribution in [0.15, 0.2) is 71.5 Å². The van der Waals surface area contributed by atoms with E-state index in [4.69, 9.17) is 11.0 Å². The van der Waals surface area contributed by atoms with Crippen molar-refractivity contribution in [2.24, 2.45) is 0 Å². The van der Waals surface area contributed by atoms with Crippen molar-refractivity contribution in [3.05, 3.63) is 88.2 Å². The molecule has 0 spiro atoms. The summed E-state index contributed by atoms with van der Waals surface area (Å²) in [6.45, 7) is 2.57. The number of nitriles is 1. The number of fused-ring (bicyclic) bond motifs is 2. The summed E-state index contributed by atoms with van der Waals surface area (Å²) < 4.78 is 0. The van der Waals surface area contributed by atoms with Crippen LogP contribution >= 0.6 is 0 Å². The van der Waals surface area contributed by atoms with Gasteiger partial charge in [-0.05, 0) is 54.6 Å². The molecule has 6 rings (SSSR count). The molecule has 182 valence electrons. The molecule has 0 radical (unpaired) electrons. The van der Waals surface area contributed by atoms with E-state index < -0.39 is 0 Å². The second-order valence-electron chi connectivity index (χ2n) is 9.04. The van der Waals surface area contributed by atoms with Gasteiger partial charge in [0.05, 0.1) is 34.0 Å². The number of para-hydroxylation sites is 2. The lowest BCUT2D eigenvalue weighted by Gasteiger charge is -2.36. The lowest BCUT2D eigenvalue weighted by molar-refractivity contribution is 0.0747. The van der Waals surface area contributed by atoms with Crippen LogP contribution in [0.25, 0.3) is 33.3 Å². The van der Waals surface area contributed by atoms with Gasteiger partial charge in [-0.15, -0.1) is 0 Å². The largest absolute Gasteiger partial charge is 0.396 e. The van der Waals surface area contributed by atoms with Gasteiger partial charge in [0.1, 0.15) is 0 Å². The van der Waals surface area contributed by atoms with E-state index in [0.29, 0.717) is 65.1 Å². The van der Waals surface area contributed by atoms with Crippen molar-refractivity contribution in [2.45, 2.75) is 0 Å². The lowest BCUT2D eigenvalue weighted by atomic mass is 10.1. The highest BCUT2D eigenvalue weighted by molar-refractivity contribution is 6.04. The molecule has 1 aliphatic rings. The Labute approximate surface area is 211 Å². The summed E-state index contributed by atoms with van der Waals surface area (Å²) in [5.41, 5.74) is 11.4. The van der Waals surface area contributed by atoms with Crippen LogP contribution in [-0.4, -0.2) is 51.9 Å². The smallest absolute Gasteiger partial charge is 0.276 e. The van der Waals surface area contributed by atoms with Gasteiger partial charge in [0.2, 0.25) is 0 Å². The topological polar surface area (TPSA) is 135 Å². The number of nitrogens with zero attached hydrogens (tertiary/aromatic N) is 4. The number of aromatic amines is 2. The van der Waals surface area contributed by atoms with E-state index in [0.717, 1.165) is 11.2 Å². The van der Waals surface area contributed by atoms with Crippen LogP contribution in [-0.2, 0) is 0 Å². The van der Waals surface area contributed by atoms with Crippen molar-refractivity contribution in [3.8, 4) is 17.5 Å². The van der Waals surface area contributed by atoms with Crippen molar-refractivity contribution in [1.82, 2.24) is 19.9 Å². The Morgan fingerprint density at radius 1 is 0.946 bits per heavy atom. The predicted molar refractivity (Wildman–Crippen MR) is 143 cm³/mol. The molecule has 1 saturated heterocycles. The van der Waals surface area contributed by atoms with E-state index in [-0.39, 0.29) is 17.2 Å². The SMILES string of the molecule is N#Cc1ccc(N2CCN(C(=O)c3ccc4[nH]c(-c5nc6ccccc6[nH]c5=O)c(N)c4c3)CC2)cc1. The summed E-state index contributed by atoms with van der Waals surface area (Å²) >= 11 is 0. The minimum atomic E-state index is -0.339. The quantitative estimate of drug-likeness (QED) is 0.355. The highest BCUT2D eigenvalue weighted by Crippen LogP contribution is 2.32. The van der Waals surface area contributed by atoms with E-state index in [2.05, 4.69) is 25.9 Å². The van der Waals surface area contributed by atoms with Crippen LogP contribution in [0.3, 0.4) is 0 Å². The summed E-state index contributed by atoms with van der Waals surface area (Å²) in [4.78, 5) is 40.7. The van der Waals surface area contributed by atoms with Crippen molar-refractivity contribution in [2.75, 3.05) is 36.8 Å². The van der Waals surface area contributed by atoms with Crippen LogP contribution in [0.2, 0.25) is 0 Å². The molecular formula is C28H23N7O2. The first kappa shape index (κ1) is 22.4. The molecule has 9 heteroatoms. The lowest BCUT2D eigenvalue weighted by Crippen LogP contribution is -2.48. The molecule has 0 atom stereocenters. The number of nitrogen functional groups attached to an aromatic ring is 1. The maximum absolute atomic E-state index is 13.3. The zero-order chi connectivity index (χ0) is 25.5. The molecule has 1 aliphatic heterocycles. The van der Waals surface area contributed by atoms with Crippen molar-refractivity contribution in [1.29, 1.82) is 5.26 Å². The van der Waals surface area contributed by atoms with E-state index in [9.17, 15) is 9.59 Å². The fourth-order valence-electron chi connectivity index (χ4n) is 4.83. The minimum absolute atomic E-state index is 0.0646. The van der Waals surface area contributed by atoms with Crippen molar-refractivity contribution in [3.63, 3.8) is 0 Å². The zero-order valence-electron chi connectivity index (χ0n) is 19.9. The number of aromatic nitrogens is 3. The molecular weight excluding hydrogens is 466 g/mol. The Balaban J connectivity index is 1.24. The number of anilines is 2. The maximum Gasteiger partial charge on any atom is 0.276 e. The molecule has 0 unspecified atom stereocenters. The molecule has 4 N–H and O–H groups in total. The Kier molecular flexibility index (Phi) is 5.34. The van der Waals surface area contributed by atoms with Gasteiger partial charge in [-0.25, -0.2) is 4.98 Å². The highest BCUT2D eigenvalue weighted by atomic mass is 16.2. The van der Waals surface area contributed by atoms with Crippen molar-refractivity contribution >= 4 is 39.2 Å². The molecule has 3 heterocycles. The highest BCUT2D eigenvalue weighted by Gasteiger charge is 2.24.